The molecule has 302 valence electrons. The Morgan fingerprint density at radius 3 is 1.31 bits per heavy atom. The average Bonchev–Trinajstić information content (AvgIpc) is 3.15. The Kier molecular flexibility index (Phi) is 24.0. The number of aromatic hydroxyl groups is 2. The van der Waals surface area contributed by atoms with E-state index in [4.69, 9.17) is 0 Å². The molecule has 2 amide bonds. The predicted octanol–water partition coefficient (Wildman–Crippen LogP) is 13.1. The van der Waals surface area contributed by atoms with Gasteiger partial charge in [-0.3, -0.25) is 9.59 Å². The second kappa shape index (κ2) is 27.9. The van der Waals surface area contributed by atoms with Crippen LogP contribution in [-0.2, 0) is 14.4 Å². The Hall–Kier alpha value is -3.64. The van der Waals surface area contributed by atoms with Gasteiger partial charge in [0.25, 0.3) is 5.69 Å². The molecule has 8 heteroatoms. The molecule has 0 fully saturated rings. The van der Waals surface area contributed by atoms with E-state index in [-0.39, 0.29) is 40.8 Å². The van der Waals surface area contributed by atoms with Crippen molar-refractivity contribution in [1.82, 2.24) is 4.58 Å². The molecule has 4 N–H and O–H groups in total. The molecule has 0 aliphatic heterocycles. The standard InChI is InChI=1S/C46H73N3O5/c1-6-10-14-18-20-24-28-37(26-22-16-12-8-3)45(53)47-39-31-40(33-41(32-39)49(35-50)42-34-43(51)36(5)30-44(42)52)48-46(54)38(27-23-17-13-9-4)29-25-21-19-15-11-7-2/h30-34,37-38H,6-29H2,1-5H3,(H3-,47,48,51,52,53,54)/p+1. The van der Waals surface area contributed by atoms with Gasteiger partial charge in [-0.05, 0) is 50.3 Å². The van der Waals surface area contributed by atoms with E-state index in [1.165, 1.54) is 63.5 Å². The van der Waals surface area contributed by atoms with Gasteiger partial charge in [-0.1, -0.05) is 161 Å². The fraction of sp³-hybridized carbons (Fsp3) is 0.674. The number of carbonyl (C=O) groups excluding carboxylic acids is 3. The van der Waals surface area contributed by atoms with Crippen molar-refractivity contribution in [1.29, 1.82) is 0 Å². The van der Waals surface area contributed by atoms with Gasteiger partial charge in [0, 0.05) is 35.3 Å². The van der Waals surface area contributed by atoms with Crippen molar-refractivity contribution in [3.8, 4) is 11.5 Å². The van der Waals surface area contributed by atoms with Crippen LogP contribution in [0.2, 0.25) is 0 Å². The quantitative estimate of drug-likeness (QED) is 0.0208. The Bertz CT molecular complexity index is 1370. The van der Waals surface area contributed by atoms with E-state index in [1.807, 2.05) is 6.08 Å². The van der Waals surface area contributed by atoms with Crippen molar-refractivity contribution in [2.24, 2.45) is 11.8 Å². The molecule has 0 spiro atoms. The number of hydrogen-bond donors (Lipinski definition) is 4. The van der Waals surface area contributed by atoms with E-state index < -0.39 is 0 Å². The number of phenolic OH excluding ortho intramolecular Hbond substituents is 2. The second-order valence-electron chi connectivity index (χ2n) is 15.5. The summed E-state index contributed by atoms with van der Waals surface area (Å²) in [4.78, 5) is 40.5. The van der Waals surface area contributed by atoms with Crippen LogP contribution in [0.4, 0.5) is 22.7 Å². The zero-order valence-electron chi connectivity index (χ0n) is 34.6. The summed E-state index contributed by atoms with van der Waals surface area (Å²) < 4.78 is 1.11. The number of amides is 2. The van der Waals surface area contributed by atoms with Gasteiger partial charge in [-0.15, -0.1) is 0 Å². The number of rotatable bonds is 30. The number of hydrogen-bond acceptors (Lipinski definition) is 5. The summed E-state index contributed by atoms with van der Waals surface area (Å²) in [6.45, 7) is 10.5. The minimum absolute atomic E-state index is 0.0441. The van der Waals surface area contributed by atoms with E-state index in [0.29, 0.717) is 22.6 Å². The largest absolute Gasteiger partial charge is 0.507 e. The van der Waals surface area contributed by atoms with Crippen LogP contribution in [0.25, 0.3) is 0 Å². The number of isocyanates is 1. The summed E-state index contributed by atoms with van der Waals surface area (Å²) in [5, 5.41) is 27.6. The number of unbranched alkanes of at least 4 members (excludes halogenated alkanes) is 16. The molecular weight excluding hydrogens is 675 g/mol. The summed E-state index contributed by atoms with van der Waals surface area (Å²) in [5.41, 5.74) is 1.69. The molecular formula is C46H74N3O5+. The van der Waals surface area contributed by atoms with E-state index >= 15 is 0 Å². The summed E-state index contributed by atoms with van der Waals surface area (Å²) in [6, 6.07) is 7.78. The zero-order chi connectivity index (χ0) is 39.6. The maximum absolute atomic E-state index is 14.0. The van der Waals surface area contributed by atoms with Crippen LogP contribution in [0.1, 0.15) is 187 Å². The Morgan fingerprint density at radius 1 is 0.556 bits per heavy atom. The Balaban J connectivity index is 2.44. The molecule has 54 heavy (non-hydrogen) atoms. The first kappa shape index (κ1) is 46.5. The van der Waals surface area contributed by atoms with E-state index in [1.54, 1.807) is 25.1 Å². The summed E-state index contributed by atoms with van der Waals surface area (Å²) in [7, 11) is 0. The van der Waals surface area contributed by atoms with Crippen LogP contribution >= 0.6 is 0 Å². The normalized spacial score (nSPS) is 12.2. The van der Waals surface area contributed by atoms with Crippen molar-refractivity contribution in [3.63, 3.8) is 0 Å². The minimum Gasteiger partial charge on any atom is -0.507 e. The van der Waals surface area contributed by atoms with Gasteiger partial charge >= 0.3 is 6.08 Å². The lowest BCUT2D eigenvalue weighted by Crippen LogP contribution is -2.24. The lowest BCUT2D eigenvalue weighted by molar-refractivity contribution is -0.121. The number of nitrogens with one attached hydrogen (secondary N) is 2. The predicted molar refractivity (Wildman–Crippen MR) is 226 cm³/mol. The Morgan fingerprint density at radius 2 is 0.926 bits per heavy atom. The average molecular weight is 749 g/mol. The number of nitrogens with zero attached hydrogens (tertiary/aromatic N) is 1. The molecule has 0 heterocycles. The molecule has 0 bridgehead atoms. The maximum Gasteiger partial charge on any atom is 0.437 e. The third kappa shape index (κ3) is 17.7. The highest BCUT2D eigenvalue weighted by Gasteiger charge is 2.26. The lowest BCUT2D eigenvalue weighted by atomic mass is 9.93. The van der Waals surface area contributed by atoms with Gasteiger partial charge < -0.3 is 20.8 Å². The van der Waals surface area contributed by atoms with Crippen molar-refractivity contribution in [2.75, 3.05) is 10.6 Å². The molecule has 0 saturated carbocycles. The van der Waals surface area contributed by atoms with Gasteiger partial charge in [0.15, 0.2) is 5.75 Å². The van der Waals surface area contributed by atoms with Crippen molar-refractivity contribution in [3.05, 3.63) is 35.9 Å². The molecule has 8 nitrogen and oxygen atoms in total. The van der Waals surface area contributed by atoms with Gasteiger partial charge in [-0.25, -0.2) is 0 Å². The van der Waals surface area contributed by atoms with Crippen LogP contribution in [0.15, 0.2) is 30.3 Å². The number of anilines is 2. The molecule has 0 saturated heterocycles. The lowest BCUT2D eigenvalue weighted by Gasteiger charge is -2.19. The van der Waals surface area contributed by atoms with Crippen molar-refractivity contribution < 1.29 is 24.6 Å². The van der Waals surface area contributed by atoms with Crippen LogP contribution in [-0.4, -0.2) is 28.1 Å². The highest BCUT2D eigenvalue weighted by atomic mass is 16.3. The van der Waals surface area contributed by atoms with E-state index in [0.717, 1.165) is 107 Å². The second-order valence-corrected chi connectivity index (χ2v) is 15.5. The summed E-state index contributed by atoms with van der Waals surface area (Å²) in [5.74, 6) is -0.710. The molecule has 2 aromatic rings. The molecule has 0 radical (unpaired) electrons. The zero-order valence-corrected chi connectivity index (χ0v) is 34.6. The molecule has 0 aliphatic rings. The summed E-state index contributed by atoms with van der Waals surface area (Å²) in [6.07, 6.45) is 27.8. The van der Waals surface area contributed by atoms with Gasteiger partial charge in [0.2, 0.25) is 17.5 Å². The highest BCUT2D eigenvalue weighted by molar-refractivity contribution is 5.97. The van der Waals surface area contributed by atoms with Crippen molar-refractivity contribution >= 4 is 40.6 Å². The van der Waals surface area contributed by atoms with Gasteiger partial charge in [0.05, 0.1) is 6.07 Å². The first-order chi connectivity index (χ1) is 26.2. The van der Waals surface area contributed by atoms with Crippen LogP contribution in [0, 0.1) is 18.8 Å². The first-order valence-corrected chi connectivity index (χ1v) is 21.7. The smallest absolute Gasteiger partial charge is 0.437 e. The number of benzene rings is 2. The molecule has 2 atom stereocenters. The monoisotopic (exact) mass is 749 g/mol. The number of aryl methyl sites for hydroxylation is 1. The van der Waals surface area contributed by atoms with E-state index in [9.17, 15) is 24.6 Å². The Labute approximate surface area is 327 Å². The topological polar surface area (TPSA) is 119 Å². The maximum atomic E-state index is 14.0. The van der Waals surface area contributed by atoms with Crippen LogP contribution in [0.3, 0.4) is 0 Å². The number of carbonyl (C=O) groups is 2. The third-order valence-corrected chi connectivity index (χ3v) is 10.7. The first-order valence-electron chi connectivity index (χ1n) is 21.7. The third-order valence-electron chi connectivity index (χ3n) is 10.7. The SMILES string of the molecule is CCCCCCCCC(CCCCCC)C(=O)Nc1cc(NC(=O)C(CCCCCC)CCCCCCCC)cc([N+](=C=O)c2cc(O)c(C)cc2O)c1. The number of phenols is 2. The minimum atomic E-state index is -0.203. The highest BCUT2D eigenvalue weighted by Crippen LogP contribution is 2.37. The van der Waals surface area contributed by atoms with Crippen molar-refractivity contribution in [2.45, 2.75) is 189 Å². The van der Waals surface area contributed by atoms with Crippen LogP contribution in [0.5, 0.6) is 11.5 Å². The molecule has 0 aromatic heterocycles. The molecule has 2 rings (SSSR count). The van der Waals surface area contributed by atoms with Gasteiger partial charge in [0.1, 0.15) is 5.75 Å². The fourth-order valence-electron chi connectivity index (χ4n) is 7.25. The fourth-order valence-corrected chi connectivity index (χ4v) is 7.25. The molecule has 2 aromatic carbocycles. The summed E-state index contributed by atoms with van der Waals surface area (Å²) >= 11 is 0. The van der Waals surface area contributed by atoms with Crippen LogP contribution < -0.4 is 15.2 Å². The van der Waals surface area contributed by atoms with Gasteiger partial charge in [-0.2, -0.15) is 4.79 Å². The molecule has 2 unspecified atom stereocenters. The molecule has 0 aliphatic carbocycles. The van der Waals surface area contributed by atoms with E-state index in [2.05, 4.69) is 38.3 Å².